The fraction of sp³-hybridized carbons (Fsp3) is 0.400. The van der Waals surface area contributed by atoms with Crippen LogP contribution in [0.3, 0.4) is 0 Å². The highest BCUT2D eigenvalue weighted by molar-refractivity contribution is 5.43. The Hall–Kier alpha value is -1.87. The normalized spacial score (nSPS) is 15.5. The molecule has 0 amide bonds. The molecule has 0 bridgehead atoms. The fourth-order valence-electron chi connectivity index (χ4n) is 2.76. The van der Waals surface area contributed by atoms with Crippen molar-refractivity contribution in [3.63, 3.8) is 0 Å². The van der Waals surface area contributed by atoms with Crippen molar-refractivity contribution in [3.8, 4) is 5.75 Å². The molecule has 0 aromatic heterocycles. The van der Waals surface area contributed by atoms with Crippen molar-refractivity contribution in [1.82, 2.24) is 0 Å². The number of rotatable bonds is 6. The van der Waals surface area contributed by atoms with Gasteiger partial charge in [0.25, 0.3) is 0 Å². The molecule has 2 aromatic carbocycles. The first-order valence-electron chi connectivity index (χ1n) is 8.23. The Kier molecular flexibility index (Phi) is 4.67. The van der Waals surface area contributed by atoms with Gasteiger partial charge >= 0.3 is 0 Å². The minimum absolute atomic E-state index is 0.238. The molecule has 0 saturated heterocycles. The quantitative estimate of drug-likeness (QED) is 0.737. The summed E-state index contributed by atoms with van der Waals surface area (Å²) >= 11 is 0. The second-order valence-electron chi connectivity index (χ2n) is 6.17. The Bertz CT molecular complexity index is 692. The van der Waals surface area contributed by atoms with Crippen LogP contribution in [0.4, 0.5) is 4.39 Å². The predicted molar refractivity (Wildman–Crippen MR) is 89.4 cm³/mol. The topological polar surface area (TPSA) is 18.5 Å². The van der Waals surface area contributed by atoms with E-state index < -0.39 is 0 Å². The average molecular weight is 314 g/mol. The third-order valence-electron chi connectivity index (χ3n) is 4.22. The number of hydrogen-bond acceptors (Lipinski definition) is 2. The molecule has 1 saturated carbocycles. The molecule has 3 rings (SSSR count). The van der Waals surface area contributed by atoms with E-state index in [1.165, 1.54) is 6.07 Å². The molecular formula is C20H23FO2. The van der Waals surface area contributed by atoms with Crippen molar-refractivity contribution >= 4 is 0 Å². The fourth-order valence-corrected chi connectivity index (χ4v) is 2.76. The Morgan fingerprint density at radius 1 is 1.04 bits per heavy atom. The minimum Gasteiger partial charge on any atom is -0.490 e. The van der Waals surface area contributed by atoms with Gasteiger partial charge < -0.3 is 9.47 Å². The summed E-state index contributed by atoms with van der Waals surface area (Å²) in [4.78, 5) is 0. The second-order valence-corrected chi connectivity index (χ2v) is 6.17. The zero-order chi connectivity index (χ0) is 16.4. The first-order chi connectivity index (χ1) is 11.1. The van der Waals surface area contributed by atoms with Crippen LogP contribution in [-0.4, -0.2) is 12.7 Å². The Morgan fingerprint density at radius 2 is 1.70 bits per heavy atom. The van der Waals surface area contributed by atoms with Gasteiger partial charge in [-0.05, 0) is 80.1 Å². The molecule has 1 atom stereocenters. The third-order valence-corrected chi connectivity index (χ3v) is 4.22. The van der Waals surface area contributed by atoms with Gasteiger partial charge in [-0.25, -0.2) is 4.39 Å². The highest BCUT2D eigenvalue weighted by atomic mass is 19.1. The molecule has 2 nitrogen and oxygen atoms in total. The van der Waals surface area contributed by atoms with Gasteiger partial charge in [0.15, 0.2) is 0 Å². The van der Waals surface area contributed by atoms with E-state index in [9.17, 15) is 4.39 Å². The van der Waals surface area contributed by atoms with E-state index in [2.05, 4.69) is 6.92 Å². The van der Waals surface area contributed by atoms with E-state index in [1.54, 1.807) is 12.1 Å². The lowest BCUT2D eigenvalue weighted by molar-refractivity contribution is 0.0900. The predicted octanol–water partition coefficient (Wildman–Crippen LogP) is 5.11. The van der Waals surface area contributed by atoms with Crippen LogP contribution in [0.25, 0.3) is 0 Å². The van der Waals surface area contributed by atoms with Gasteiger partial charge in [0, 0.05) is 6.61 Å². The van der Waals surface area contributed by atoms with Crippen molar-refractivity contribution in [3.05, 3.63) is 64.5 Å². The smallest absolute Gasteiger partial charge is 0.123 e. The van der Waals surface area contributed by atoms with Crippen molar-refractivity contribution in [1.29, 1.82) is 0 Å². The van der Waals surface area contributed by atoms with E-state index >= 15 is 0 Å². The molecular weight excluding hydrogens is 291 g/mol. The van der Waals surface area contributed by atoms with E-state index in [-0.39, 0.29) is 11.9 Å². The van der Waals surface area contributed by atoms with Crippen LogP contribution in [0, 0.1) is 19.7 Å². The summed E-state index contributed by atoms with van der Waals surface area (Å²) in [7, 11) is 0. The lowest BCUT2D eigenvalue weighted by Gasteiger charge is -2.22. The monoisotopic (exact) mass is 314 g/mol. The number of benzene rings is 2. The highest BCUT2D eigenvalue weighted by Crippen LogP contribution is 2.35. The van der Waals surface area contributed by atoms with Gasteiger partial charge in [-0.15, -0.1) is 0 Å². The molecule has 0 aliphatic heterocycles. The molecule has 1 aliphatic carbocycles. The zero-order valence-electron chi connectivity index (χ0n) is 13.9. The second kappa shape index (κ2) is 6.71. The maximum absolute atomic E-state index is 13.7. The number of ether oxygens (including phenoxy) is 2. The summed E-state index contributed by atoms with van der Waals surface area (Å²) in [6.07, 6.45) is 2.33. The molecule has 1 aliphatic rings. The Balaban J connectivity index is 2.01. The van der Waals surface area contributed by atoms with Crippen LogP contribution in [0.15, 0.2) is 36.4 Å². The van der Waals surface area contributed by atoms with Gasteiger partial charge in [-0.3, -0.25) is 0 Å². The summed E-state index contributed by atoms with van der Waals surface area (Å²) in [5, 5.41) is 0. The number of hydrogen-bond donors (Lipinski definition) is 0. The lowest BCUT2D eigenvalue weighted by Crippen LogP contribution is -2.10. The molecule has 2 aromatic rings. The Labute approximate surface area is 137 Å². The maximum Gasteiger partial charge on any atom is 0.123 e. The van der Waals surface area contributed by atoms with E-state index in [0.717, 1.165) is 40.8 Å². The average Bonchev–Trinajstić information content (AvgIpc) is 3.34. The zero-order valence-corrected chi connectivity index (χ0v) is 13.9. The number of halogens is 1. The molecule has 0 radical (unpaired) electrons. The van der Waals surface area contributed by atoms with Crippen LogP contribution in [0.5, 0.6) is 5.75 Å². The van der Waals surface area contributed by atoms with E-state index in [1.807, 2.05) is 32.0 Å². The summed E-state index contributed by atoms with van der Waals surface area (Å²) in [5.41, 5.74) is 4.06. The van der Waals surface area contributed by atoms with E-state index in [4.69, 9.17) is 9.47 Å². The number of aryl methyl sites for hydroxylation is 2. The molecule has 1 fully saturated rings. The van der Waals surface area contributed by atoms with Crippen LogP contribution >= 0.6 is 0 Å². The summed E-state index contributed by atoms with van der Waals surface area (Å²) in [5.74, 6) is 0.630. The standard InChI is InChI=1S/C20H23FO2/c1-4-22-20(18-11-15(21)7-5-13(18)2)19-12-17(8-6-14(19)3)23-16-9-10-16/h5-8,11-12,16,20H,4,9-10H2,1-3H3. The van der Waals surface area contributed by atoms with Crippen LogP contribution in [0.2, 0.25) is 0 Å². The van der Waals surface area contributed by atoms with Crippen molar-refractivity contribution < 1.29 is 13.9 Å². The SMILES string of the molecule is CCOC(c1cc(F)ccc1C)c1cc(OC2CC2)ccc1C. The molecule has 0 heterocycles. The first kappa shape index (κ1) is 16.0. The first-order valence-corrected chi connectivity index (χ1v) is 8.23. The molecule has 0 spiro atoms. The van der Waals surface area contributed by atoms with E-state index in [0.29, 0.717) is 12.7 Å². The van der Waals surface area contributed by atoms with Crippen LogP contribution in [-0.2, 0) is 4.74 Å². The molecule has 1 unspecified atom stereocenters. The van der Waals surface area contributed by atoms with Gasteiger partial charge in [-0.2, -0.15) is 0 Å². The largest absolute Gasteiger partial charge is 0.490 e. The summed E-state index contributed by atoms with van der Waals surface area (Å²) in [6, 6.07) is 11.0. The molecule has 23 heavy (non-hydrogen) atoms. The molecule has 122 valence electrons. The van der Waals surface area contributed by atoms with Crippen molar-refractivity contribution in [2.24, 2.45) is 0 Å². The van der Waals surface area contributed by atoms with Gasteiger partial charge in [0.05, 0.1) is 6.10 Å². The van der Waals surface area contributed by atoms with Gasteiger partial charge in [0.2, 0.25) is 0 Å². The minimum atomic E-state index is -0.279. The lowest BCUT2D eigenvalue weighted by atomic mass is 9.94. The molecule has 3 heteroatoms. The third kappa shape index (κ3) is 3.73. The van der Waals surface area contributed by atoms with Crippen LogP contribution in [0.1, 0.15) is 48.1 Å². The summed E-state index contributed by atoms with van der Waals surface area (Å²) < 4.78 is 25.6. The van der Waals surface area contributed by atoms with Gasteiger partial charge in [0.1, 0.15) is 17.7 Å². The molecule has 0 N–H and O–H groups in total. The Morgan fingerprint density at radius 3 is 2.35 bits per heavy atom. The van der Waals surface area contributed by atoms with Crippen molar-refractivity contribution in [2.45, 2.75) is 45.8 Å². The summed E-state index contributed by atoms with van der Waals surface area (Å²) in [6.45, 7) is 6.56. The maximum atomic E-state index is 13.7. The van der Waals surface area contributed by atoms with Gasteiger partial charge in [-0.1, -0.05) is 12.1 Å². The highest BCUT2D eigenvalue weighted by Gasteiger charge is 2.25. The van der Waals surface area contributed by atoms with Crippen LogP contribution < -0.4 is 4.74 Å². The van der Waals surface area contributed by atoms with Crippen molar-refractivity contribution in [2.75, 3.05) is 6.61 Å².